The number of aryl methyl sites for hydroxylation is 3. The second kappa shape index (κ2) is 8.52. The number of hydrogen-bond acceptors (Lipinski definition) is 1. The van der Waals surface area contributed by atoms with Gasteiger partial charge in [-0.05, 0) is 48.4 Å². The molecule has 0 unspecified atom stereocenters. The van der Waals surface area contributed by atoms with E-state index in [0.717, 1.165) is 24.8 Å². The van der Waals surface area contributed by atoms with Crippen LogP contribution in [0.2, 0.25) is 0 Å². The molecule has 2 aromatic carbocycles. The van der Waals surface area contributed by atoms with Gasteiger partial charge in [0.15, 0.2) is 0 Å². The van der Waals surface area contributed by atoms with E-state index in [9.17, 15) is 4.79 Å². The van der Waals surface area contributed by atoms with Gasteiger partial charge in [-0.15, -0.1) is 0 Å². The fourth-order valence-electron chi connectivity index (χ4n) is 2.64. The fourth-order valence-corrected chi connectivity index (χ4v) is 2.64. The summed E-state index contributed by atoms with van der Waals surface area (Å²) in [7, 11) is 0. The Balaban J connectivity index is 1.83. The first-order valence-electron chi connectivity index (χ1n) is 8.58. The highest BCUT2D eigenvalue weighted by molar-refractivity contribution is 5.76. The van der Waals surface area contributed by atoms with E-state index < -0.39 is 0 Å². The van der Waals surface area contributed by atoms with Gasteiger partial charge in [-0.2, -0.15) is 0 Å². The van der Waals surface area contributed by atoms with Gasteiger partial charge >= 0.3 is 0 Å². The standard InChI is InChI=1S/C21H27NO/c1-4-17-6-8-19(9-7-17)12-15-21(23)22-16(3)20-13-10-18(5-2)11-14-20/h6-11,13-14,16H,4-5,12,15H2,1-3H3,(H,22,23)/t16-/m1/s1. The predicted octanol–water partition coefficient (Wildman–Crippen LogP) is 4.62. The number of nitrogens with one attached hydrogen (secondary N) is 1. The predicted molar refractivity (Wildman–Crippen MR) is 96.5 cm³/mol. The highest BCUT2D eigenvalue weighted by Crippen LogP contribution is 2.14. The van der Waals surface area contributed by atoms with Crippen molar-refractivity contribution in [2.75, 3.05) is 0 Å². The lowest BCUT2D eigenvalue weighted by Gasteiger charge is -2.15. The van der Waals surface area contributed by atoms with Crippen LogP contribution < -0.4 is 5.32 Å². The van der Waals surface area contributed by atoms with Crippen LogP contribution in [-0.2, 0) is 24.1 Å². The van der Waals surface area contributed by atoms with Crippen LogP contribution in [0.4, 0.5) is 0 Å². The summed E-state index contributed by atoms with van der Waals surface area (Å²) in [6, 6.07) is 17.1. The largest absolute Gasteiger partial charge is 0.350 e. The molecule has 2 heteroatoms. The Morgan fingerprint density at radius 3 is 1.87 bits per heavy atom. The first-order chi connectivity index (χ1) is 11.1. The molecule has 1 N–H and O–H groups in total. The van der Waals surface area contributed by atoms with E-state index in [1.807, 2.05) is 6.92 Å². The molecule has 0 saturated carbocycles. The minimum Gasteiger partial charge on any atom is -0.350 e. The van der Waals surface area contributed by atoms with Crippen molar-refractivity contribution in [3.05, 3.63) is 70.8 Å². The Bertz CT molecular complexity index is 613. The first kappa shape index (κ1) is 17.3. The number of amides is 1. The van der Waals surface area contributed by atoms with Crippen LogP contribution in [0.15, 0.2) is 48.5 Å². The van der Waals surface area contributed by atoms with E-state index >= 15 is 0 Å². The molecule has 0 fully saturated rings. The van der Waals surface area contributed by atoms with Crippen molar-refractivity contribution in [3.8, 4) is 0 Å². The van der Waals surface area contributed by atoms with Crippen LogP contribution >= 0.6 is 0 Å². The Morgan fingerprint density at radius 1 is 0.870 bits per heavy atom. The van der Waals surface area contributed by atoms with Crippen molar-refractivity contribution >= 4 is 5.91 Å². The highest BCUT2D eigenvalue weighted by atomic mass is 16.1. The van der Waals surface area contributed by atoms with Gasteiger partial charge in [0.1, 0.15) is 0 Å². The molecule has 0 radical (unpaired) electrons. The van der Waals surface area contributed by atoms with E-state index in [2.05, 4.69) is 67.7 Å². The SMILES string of the molecule is CCc1ccc(CCC(=O)N[C@H](C)c2ccc(CC)cc2)cc1. The van der Waals surface area contributed by atoms with Gasteiger partial charge in [0.2, 0.25) is 5.91 Å². The van der Waals surface area contributed by atoms with Gasteiger partial charge in [0.05, 0.1) is 6.04 Å². The zero-order chi connectivity index (χ0) is 16.7. The Labute approximate surface area is 139 Å². The molecule has 2 aromatic rings. The monoisotopic (exact) mass is 309 g/mol. The van der Waals surface area contributed by atoms with E-state index in [0.29, 0.717) is 6.42 Å². The summed E-state index contributed by atoms with van der Waals surface area (Å²) in [6.45, 7) is 6.33. The topological polar surface area (TPSA) is 29.1 Å². The molecule has 0 aliphatic rings. The van der Waals surface area contributed by atoms with Crippen molar-refractivity contribution < 1.29 is 4.79 Å². The molecule has 0 aliphatic carbocycles. The summed E-state index contributed by atoms with van der Waals surface area (Å²) < 4.78 is 0. The normalized spacial score (nSPS) is 12.0. The number of rotatable bonds is 7. The summed E-state index contributed by atoms with van der Waals surface area (Å²) in [6.07, 6.45) is 3.41. The molecule has 2 nitrogen and oxygen atoms in total. The van der Waals surface area contributed by atoms with Crippen LogP contribution in [0.25, 0.3) is 0 Å². The van der Waals surface area contributed by atoms with Crippen molar-refractivity contribution in [2.24, 2.45) is 0 Å². The number of carbonyl (C=O) groups excluding carboxylic acids is 1. The molecule has 23 heavy (non-hydrogen) atoms. The quantitative estimate of drug-likeness (QED) is 0.794. The Morgan fingerprint density at radius 2 is 1.35 bits per heavy atom. The van der Waals surface area contributed by atoms with Gasteiger partial charge < -0.3 is 5.32 Å². The molecule has 0 heterocycles. The smallest absolute Gasteiger partial charge is 0.220 e. The third kappa shape index (κ3) is 5.24. The molecule has 0 aliphatic heterocycles. The zero-order valence-corrected chi connectivity index (χ0v) is 14.4. The maximum absolute atomic E-state index is 12.1. The second-order valence-corrected chi connectivity index (χ2v) is 6.05. The maximum atomic E-state index is 12.1. The Hall–Kier alpha value is -2.09. The van der Waals surface area contributed by atoms with Crippen LogP contribution in [0.3, 0.4) is 0 Å². The average molecular weight is 309 g/mol. The van der Waals surface area contributed by atoms with Crippen molar-refractivity contribution in [1.82, 2.24) is 5.32 Å². The Kier molecular flexibility index (Phi) is 6.40. The summed E-state index contributed by atoms with van der Waals surface area (Å²) >= 11 is 0. The van der Waals surface area contributed by atoms with Gasteiger partial charge in [-0.3, -0.25) is 4.79 Å². The van der Waals surface area contributed by atoms with Crippen molar-refractivity contribution in [1.29, 1.82) is 0 Å². The third-order valence-electron chi connectivity index (χ3n) is 4.34. The van der Waals surface area contributed by atoms with Gasteiger partial charge in [-0.25, -0.2) is 0 Å². The molecular formula is C21H27NO. The van der Waals surface area contributed by atoms with E-state index in [4.69, 9.17) is 0 Å². The lowest BCUT2D eigenvalue weighted by atomic mass is 10.0. The molecule has 122 valence electrons. The van der Waals surface area contributed by atoms with Gasteiger partial charge in [0, 0.05) is 6.42 Å². The van der Waals surface area contributed by atoms with Gasteiger partial charge in [-0.1, -0.05) is 62.4 Å². The molecule has 1 atom stereocenters. The fraction of sp³-hybridized carbons (Fsp3) is 0.381. The number of hydrogen-bond donors (Lipinski definition) is 1. The average Bonchev–Trinajstić information content (AvgIpc) is 2.60. The summed E-state index contributed by atoms with van der Waals surface area (Å²) in [5.74, 6) is 0.108. The van der Waals surface area contributed by atoms with Crippen LogP contribution in [0.5, 0.6) is 0 Å². The summed E-state index contributed by atoms with van der Waals surface area (Å²) in [5.41, 5.74) is 5.03. The number of benzene rings is 2. The van der Waals surface area contributed by atoms with Crippen LogP contribution in [0.1, 0.15) is 55.5 Å². The lowest BCUT2D eigenvalue weighted by molar-refractivity contribution is -0.121. The van der Waals surface area contributed by atoms with E-state index in [-0.39, 0.29) is 11.9 Å². The van der Waals surface area contributed by atoms with Crippen molar-refractivity contribution in [3.63, 3.8) is 0 Å². The van der Waals surface area contributed by atoms with Crippen LogP contribution in [-0.4, -0.2) is 5.91 Å². The molecular weight excluding hydrogens is 282 g/mol. The third-order valence-corrected chi connectivity index (χ3v) is 4.34. The van der Waals surface area contributed by atoms with Crippen LogP contribution in [0, 0.1) is 0 Å². The van der Waals surface area contributed by atoms with Gasteiger partial charge in [0.25, 0.3) is 0 Å². The van der Waals surface area contributed by atoms with E-state index in [1.54, 1.807) is 0 Å². The highest BCUT2D eigenvalue weighted by Gasteiger charge is 2.09. The zero-order valence-electron chi connectivity index (χ0n) is 14.4. The minimum absolute atomic E-state index is 0.0517. The molecule has 1 amide bonds. The molecule has 0 aromatic heterocycles. The summed E-state index contributed by atoms with van der Waals surface area (Å²) in [5, 5.41) is 3.09. The number of carbonyl (C=O) groups is 1. The second-order valence-electron chi connectivity index (χ2n) is 6.05. The molecule has 0 bridgehead atoms. The molecule has 2 rings (SSSR count). The lowest BCUT2D eigenvalue weighted by Crippen LogP contribution is -2.26. The minimum atomic E-state index is 0.0517. The maximum Gasteiger partial charge on any atom is 0.220 e. The summed E-state index contributed by atoms with van der Waals surface area (Å²) in [4.78, 5) is 12.1. The van der Waals surface area contributed by atoms with Crippen molar-refractivity contribution in [2.45, 2.75) is 52.5 Å². The molecule has 0 spiro atoms. The first-order valence-corrected chi connectivity index (χ1v) is 8.58. The molecule has 0 saturated heterocycles. The van der Waals surface area contributed by atoms with E-state index in [1.165, 1.54) is 16.7 Å².